The highest BCUT2D eigenvalue weighted by molar-refractivity contribution is 5.41. The Morgan fingerprint density at radius 2 is 1.96 bits per heavy atom. The lowest BCUT2D eigenvalue weighted by Gasteiger charge is -2.34. The fourth-order valence-electron chi connectivity index (χ4n) is 3.53. The Morgan fingerprint density at radius 1 is 1.21 bits per heavy atom. The summed E-state index contributed by atoms with van der Waals surface area (Å²) in [6, 6.07) is 5.61. The number of methoxy groups -OCH3 is 2. The van der Waals surface area contributed by atoms with Gasteiger partial charge in [-0.25, -0.2) is 0 Å². The molecule has 2 saturated heterocycles. The summed E-state index contributed by atoms with van der Waals surface area (Å²) in [5.41, 5.74) is 0.128. The van der Waals surface area contributed by atoms with Gasteiger partial charge in [0.2, 0.25) is 0 Å². The topological polar surface area (TPSA) is 66.4 Å². The number of benzene rings is 1. The van der Waals surface area contributed by atoms with Gasteiger partial charge >= 0.3 is 0 Å². The molecule has 24 heavy (non-hydrogen) atoms. The van der Waals surface area contributed by atoms with E-state index in [4.69, 9.17) is 23.7 Å². The average Bonchev–Trinajstić information content (AvgIpc) is 2.97. The molecule has 6 heteroatoms. The van der Waals surface area contributed by atoms with Crippen molar-refractivity contribution in [2.24, 2.45) is 0 Å². The number of fused-ring (bicyclic) bond motifs is 1. The van der Waals surface area contributed by atoms with Crippen LogP contribution in [0.5, 0.6) is 11.5 Å². The summed E-state index contributed by atoms with van der Waals surface area (Å²) < 4.78 is 28.6. The van der Waals surface area contributed by atoms with Crippen LogP contribution in [-0.2, 0) is 20.6 Å². The summed E-state index contributed by atoms with van der Waals surface area (Å²) in [5.74, 6) is 0.811. The smallest absolute Gasteiger partial charge is 0.188 e. The van der Waals surface area contributed by atoms with Gasteiger partial charge < -0.3 is 28.8 Å². The second-order valence-electron chi connectivity index (χ2n) is 6.96. The predicted molar refractivity (Wildman–Crippen MR) is 87.2 cm³/mol. The minimum absolute atomic E-state index is 0.189. The summed E-state index contributed by atoms with van der Waals surface area (Å²) in [4.78, 5) is 0. The van der Waals surface area contributed by atoms with E-state index in [1.165, 1.54) is 0 Å². The van der Waals surface area contributed by atoms with E-state index in [-0.39, 0.29) is 6.10 Å². The van der Waals surface area contributed by atoms with Crippen LogP contribution < -0.4 is 9.47 Å². The van der Waals surface area contributed by atoms with Crippen LogP contribution >= 0.6 is 0 Å². The second kappa shape index (κ2) is 6.19. The summed E-state index contributed by atoms with van der Waals surface area (Å²) in [5, 5.41) is 10.4. The molecule has 1 aromatic rings. The summed E-state index contributed by atoms with van der Waals surface area (Å²) >= 11 is 0. The van der Waals surface area contributed by atoms with Gasteiger partial charge in [-0.2, -0.15) is 0 Å². The van der Waals surface area contributed by atoms with E-state index in [1.54, 1.807) is 21.1 Å². The molecule has 1 aromatic carbocycles. The van der Waals surface area contributed by atoms with Gasteiger partial charge in [0, 0.05) is 18.4 Å². The molecule has 0 bridgehead atoms. The van der Waals surface area contributed by atoms with Crippen LogP contribution in [0.15, 0.2) is 18.2 Å². The molecule has 6 nitrogen and oxygen atoms in total. The van der Waals surface area contributed by atoms with Crippen molar-refractivity contribution in [1.82, 2.24) is 0 Å². The maximum Gasteiger partial charge on any atom is 0.188 e. The maximum atomic E-state index is 10.4. The van der Waals surface area contributed by atoms with Crippen LogP contribution in [0.2, 0.25) is 0 Å². The molecule has 0 radical (unpaired) electrons. The van der Waals surface area contributed by atoms with E-state index in [0.29, 0.717) is 12.8 Å². The molecule has 0 aliphatic carbocycles. The van der Waals surface area contributed by atoms with E-state index >= 15 is 0 Å². The first-order valence-electron chi connectivity index (χ1n) is 8.21. The Labute approximate surface area is 142 Å². The molecule has 4 atom stereocenters. The largest absolute Gasteiger partial charge is 0.497 e. The predicted octanol–water partition coefficient (Wildman–Crippen LogP) is 2.26. The van der Waals surface area contributed by atoms with E-state index in [2.05, 4.69) is 0 Å². The third-order valence-electron chi connectivity index (χ3n) is 4.77. The highest BCUT2D eigenvalue weighted by Crippen LogP contribution is 2.45. The zero-order valence-electron chi connectivity index (χ0n) is 14.9. The van der Waals surface area contributed by atoms with Gasteiger partial charge in [-0.3, -0.25) is 0 Å². The summed E-state index contributed by atoms with van der Waals surface area (Å²) in [6.45, 7) is 5.46. The molecule has 3 rings (SSSR count). The van der Waals surface area contributed by atoms with Crippen molar-refractivity contribution in [2.45, 2.75) is 63.5 Å². The van der Waals surface area contributed by atoms with E-state index < -0.39 is 23.8 Å². The Hall–Kier alpha value is -1.34. The highest BCUT2D eigenvalue weighted by Gasteiger charge is 2.56. The first-order chi connectivity index (χ1) is 11.3. The molecule has 2 heterocycles. The first kappa shape index (κ1) is 17.5. The minimum atomic E-state index is -0.786. The van der Waals surface area contributed by atoms with Gasteiger partial charge in [-0.05, 0) is 39.0 Å². The van der Waals surface area contributed by atoms with Crippen molar-refractivity contribution in [2.75, 3.05) is 14.2 Å². The highest BCUT2D eigenvalue weighted by atomic mass is 16.8. The zero-order valence-corrected chi connectivity index (χ0v) is 14.9. The molecule has 2 aliphatic heterocycles. The number of aliphatic hydroxyl groups excluding tert-OH is 1. The molecule has 2 fully saturated rings. The standard InChI is InChI=1S/C18H26O6/c1-11(19)18(10-15-16(24-18)23-17(2,3)22-15)9-12-8-13(20-4)6-7-14(12)21-5/h6-8,11,15-16,19H,9-10H2,1-5H3/t11-,15-,16+,18+/m1/s1. The molecular weight excluding hydrogens is 312 g/mol. The number of ether oxygens (including phenoxy) is 5. The SMILES string of the molecule is COc1ccc(OC)c(C[C@@]2([C@@H](C)O)C[C@H]3OC(C)(C)O[C@H]3O2)c1. The van der Waals surface area contributed by atoms with Crippen molar-refractivity contribution in [3.05, 3.63) is 23.8 Å². The Bertz CT molecular complexity index is 581. The van der Waals surface area contributed by atoms with E-state index in [0.717, 1.165) is 17.1 Å². The molecule has 0 unspecified atom stereocenters. The van der Waals surface area contributed by atoms with Crippen LogP contribution in [-0.4, -0.2) is 49.2 Å². The Kier molecular flexibility index (Phi) is 4.51. The number of hydrogen-bond donors (Lipinski definition) is 1. The molecule has 0 aromatic heterocycles. The van der Waals surface area contributed by atoms with E-state index in [1.807, 2.05) is 32.0 Å². The van der Waals surface area contributed by atoms with Gasteiger partial charge in [0.25, 0.3) is 0 Å². The summed E-state index contributed by atoms with van der Waals surface area (Å²) in [7, 11) is 3.25. The molecule has 0 amide bonds. The van der Waals surface area contributed by atoms with Crippen LogP contribution in [0.25, 0.3) is 0 Å². The number of aliphatic hydroxyl groups is 1. The number of hydrogen-bond acceptors (Lipinski definition) is 6. The molecule has 0 spiro atoms. The molecule has 134 valence electrons. The van der Waals surface area contributed by atoms with Crippen molar-refractivity contribution >= 4 is 0 Å². The van der Waals surface area contributed by atoms with Crippen LogP contribution in [0.1, 0.15) is 32.8 Å². The lowest BCUT2D eigenvalue weighted by Crippen LogP contribution is -2.44. The van der Waals surface area contributed by atoms with Gasteiger partial charge in [0.1, 0.15) is 23.2 Å². The van der Waals surface area contributed by atoms with Crippen LogP contribution in [0.3, 0.4) is 0 Å². The van der Waals surface area contributed by atoms with Crippen molar-refractivity contribution in [3.63, 3.8) is 0 Å². The molecule has 0 saturated carbocycles. The lowest BCUT2D eigenvalue weighted by atomic mass is 9.86. The molecule has 2 aliphatic rings. The van der Waals surface area contributed by atoms with Crippen molar-refractivity contribution < 1.29 is 28.8 Å². The summed E-state index contributed by atoms with van der Waals surface area (Å²) in [6.07, 6.45) is -0.309. The quantitative estimate of drug-likeness (QED) is 0.888. The first-order valence-corrected chi connectivity index (χ1v) is 8.21. The Balaban J connectivity index is 1.87. The average molecular weight is 338 g/mol. The molecular formula is C18H26O6. The van der Waals surface area contributed by atoms with Crippen LogP contribution in [0.4, 0.5) is 0 Å². The van der Waals surface area contributed by atoms with E-state index in [9.17, 15) is 5.11 Å². The van der Waals surface area contributed by atoms with Crippen LogP contribution in [0, 0.1) is 0 Å². The fourth-order valence-corrected chi connectivity index (χ4v) is 3.53. The normalized spacial score (nSPS) is 32.4. The fraction of sp³-hybridized carbons (Fsp3) is 0.667. The third kappa shape index (κ3) is 3.11. The Morgan fingerprint density at radius 3 is 2.54 bits per heavy atom. The zero-order chi connectivity index (χ0) is 17.5. The molecule has 1 N–H and O–H groups in total. The van der Waals surface area contributed by atoms with Gasteiger partial charge in [-0.15, -0.1) is 0 Å². The maximum absolute atomic E-state index is 10.4. The van der Waals surface area contributed by atoms with Gasteiger partial charge in [0.05, 0.1) is 20.3 Å². The van der Waals surface area contributed by atoms with Gasteiger partial charge in [0.15, 0.2) is 12.1 Å². The lowest BCUT2D eigenvalue weighted by molar-refractivity contribution is -0.239. The number of rotatable bonds is 5. The second-order valence-corrected chi connectivity index (χ2v) is 6.96. The van der Waals surface area contributed by atoms with Crippen molar-refractivity contribution in [3.8, 4) is 11.5 Å². The van der Waals surface area contributed by atoms with Gasteiger partial charge in [-0.1, -0.05) is 0 Å². The van der Waals surface area contributed by atoms with Crippen molar-refractivity contribution in [1.29, 1.82) is 0 Å². The monoisotopic (exact) mass is 338 g/mol. The minimum Gasteiger partial charge on any atom is -0.497 e. The third-order valence-corrected chi connectivity index (χ3v) is 4.77.